The van der Waals surface area contributed by atoms with Crippen LogP contribution in [0.3, 0.4) is 0 Å². The number of aromatic hydroxyl groups is 2. The average molecular weight is 429 g/mol. The summed E-state index contributed by atoms with van der Waals surface area (Å²) in [7, 11) is 0. The number of hydrogen-bond acceptors (Lipinski definition) is 6. The Balaban J connectivity index is 1.74. The number of amides is 1. The molecule has 1 amide bonds. The first-order valence-electron chi connectivity index (χ1n) is 8.25. The van der Waals surface area contributed by atoms with Gasteiger partial charge in [-0.2, -0.15) is 10.2 Å². The largest absolute Gasteiger partial charge is 0.507 e. The van der Waals surface area contributed by atoms with Gasteiger partial charge in [0.25, 0.3) is 5.91 Å². The third-order valence-electron chi connectivity index (χ3n) is 3.71. The van der Waals surface area contributed by atoms with Gasteiger partial charge in [-0.15, -0.1) is 5.11 Å². The minimum Gasteiger partial charge on any atom is -0.507 e. The van der Waals surface area contributed by atoms with E-state index >= 15 is 0 Å². The Hall–Kier alpha value is -3.42. The van der Waals surface area contributed by atoms with E-state index in [0.717, 1.165) is 0 Å². The number of nitrogens with zero attached hydrogens (tertiary/aromatic N) is 3. The Morgan fingerprint density at radius 3 is 2.48 bits per heavy atom. The standard InChI is InChI=1S/C20H14Cl2N4O3/c21-13-5-7-19(28)15(10-13)20(29)26-23-11-12-9-14(6-8-18(12)27)24-25-17-4-2-1-3-16(17)22/h1-11,27-28H,(H,26,29). The zero-order valence-electron chi connectivity index (χ0n) is 14.8. The second-order valence-corrected chi connectivity index (χ2v) is 6.60. The van der Waals surface area contributed by atoms with Gasteiger partial charge in [0.2, 0.25) is 0 Å². The Kier molecular flexibility index (Phi) is 6.43. The van der Waals surface area contributed by atoms with E-state index < -0.39 is 5.91 Å². The fraction of sp³-hybridized carbons (Fsp3) is 0. The number of nitrogens with one attached hydrogen (secondary N) is 1. The summed E-state index contributed by atoms with van der Waals surface area (Å²) in [5, 5.41) is 32.4. The van der Waals surface area contributed by atoms with E-state index in [1.807, 2.05) is 0 Å². The van der Waals surface area contributed by atoms with Crippen molar-refractivity contribution in [2.45, 2.75) is 0 Å². The van der Waals surface area contributed by atoms with E-state index in [1.165, 1.54) is 36.5 Å². The van der Waals surface area contributed by atoms with Gasteiger partial charge in [0, 0.05) is 10.6 Å². The Bertz CT molecular complexity index is 1120. The van der Waals surface area contributed by atoms with Gasteiger partial charge in [0.05, 0.1) is 22.5 Å². The molecule has 0 atom stereocenters. The molecule has 0 aliphatic carbocycles. The molecule has 0 fully saturated rings. The predicted octanol–water partition coefficient (Wildman–Crippen LogP) is 5.58. The van der Waals surface area contributed by atoms with Crippen LogP contribution in [0.25, 0.3) is 0 Å². The van der Waals surface area contributed by atoms with E-state index in [0.29, 0.717) is 27.0 Å². The van der Waals surface area contributed by atoms with Gasteiger partial charge in [-0.1, -0.05) is 35.3 Å². The lowest BCUT2D eigenvalue weighted by Crippen LogP contribution is -2.17. The summed E-state index contributed by atoms with van der Waals surface area (Å²) in [4.78, 5) is 12.1. The normalized spacial score (nSPS) is 11.2. The SMILES string of the molecule is O=C(NN=Cc1cc(N=Nc2ccccc2Cl)ccc1O)c1cc(Cl)ccc1O. The molecule has 0 heterocycles. The summed E-state index contributed by atoms with van der Waals surface area (Å²) >= 11 is 11.9. The van der Waals surface area contributed by atoms with Gasteiger partial charge < -0.3 is 10.2 Å². The maximum atomic E-state index is 12.1. The molecule has 0 spiro atoms. The molecule has 0 saturated carbocycles. The minimum absolute atomic E-state index is 0.0267. The highest BCUT2D eigenvalue weighted by Crippen LogP contribution is 2.28. The van der Waals surface area contributed by atoms with Gasteiger partial charge in [-0.3, -0.25) is 4.79 Å². The molecule has 3 N–H and O–H groups in total. The number of phenols is 2. The molecule has 29 heavy (non-hydrogen) atoms. The first-order chi connectivity index (χ1) is 13.9. The average Bonchev–Trinajstić information content (AvgIpc) is 2.71. The van der Waals surface area contributed by atoms with Crippen molar-refractivity contribution < 1.29 is 15.0 Å². The van der Waals surface area contributed by atoms with Crippen molar-refractivity contribution in [3.8, 4) is 11.5 Å². The fourth-order valence-electron chi connectivity index (χ4n) is 2.26. The quantitative estimate of drug-likeness (QED) is 0.280. The molecule has 3 aromatic carbocycles. The highest BCUT2D eigenvalue weighted by atomic mass is 35.5. The maximum absolute atomic E-state index is 12.1. The lowest BCUT2D eigenvalue weighted by atomic mass is 10.2. The molecule has 0 radical (unpaired) electrons. The lowest BCUT2D eigenvalue weighted by Gasteiger charge is -2.04. The molecule has 3 rings (SSSR count). The summed E-state index contributed by atoms with van der Waals surface area (Å²) < 4.78 is 0. The van der Waals surface area contributed by atoms with E-state index in [9.17, 15) is 15.0 Å². The number of halogens is 2. The second-order valence-electron chi connectivity index (χ2n) is 5.76. The van der Waals surface area contributed by atoms with Crippen LogP contribution < -0.4 is 5.43 Å². The van der Waals surface area contributed by atoms with Crippen LogP contribution in [0.5, 0.6) is 11.5 Å². The Morgan fingerprint density at radius 1 is 0.931 bits per heavy atom. The van der Waals surface area contributed by atoms with Crippen molar-refractivity contribution in [1.82, 2.24) is 5.43 Å². The van der Waals surface area contributed by atoms with Crippen molar-refractivity contribution in [3.05, 3.63) is 81.8 Å². The van der Waals surface area contributed by atoms with Crippen LogP contribution >= 0.6 is 23.2 Å². The van der Waals surface area contributed by atoms with Gasteiger partial charge in [-0.25, -0.2) is 5.43 Å². The zero-order chi connectivity index (χ0) is 20.8. The van der Waals surface area contributed by atoms with Gasteiger partial charge in [-0.05, 0) is 48.5 Å². The number of phenolic OH excluding ortho intramolecular Hbond substituents is 2. The molecule has 0 aliphatic heterocycles. The second kappa shape index (κ2) is 9.18. The summed E-state index contributed by atoms with van der Waals surface area (Å²) in [5.41, 5.74) is 3.48. The third kappa shape index (κ3) is 5.31. The first kappa shape index (κ1) is 20.3. The number of hydrogen-bond donors (Lipinski definition) is 3. The predicted molar refractivity (Wildman–Crippen MR) is 112 cm³/mol. The topological polar surface area (TPSA) is 107 Å². The van der Waals surface area contributed by atoms with Crippen LogP contribution in [0.15, 0.2) is 76.0 Å². The lowest BCUT2D eigenvalue weighted by molar-refractivity contribution is 0.0952. The number of carbonyl (C=O) groups is 1. The number of hydrazone groups is 1. The molecule has 146 valence electrons. The molecular formula is C20H14Cl2N4O3. The summed E-state index contributed by atoms with van der Waals surface area (Å²) in [6.45, 7) is 0. The van der Waals surface area contributed by atoms with Gasteiger partial charge >= 0.3 is 0 Å². The fourth-order valence-corrected chi connectivity index (χ4v) is 2.61. The van der Waals surface area contributed by atoms with E-state index in [2.05, 4.69) is 20.8 Å². The molecule has 3 aromatic rings. The van der Waals surface area contributed by atoms with Crippen molar-refractivity contribution in [3.63, 3.8) is 0 Å². The Morgan fingerprint density at radius 2 is 1.69 bits per heavy atom. The zero-order valence-corrected chi connectivity index (χ0v) is 16.3. The van der Waals surface area contributed by atoms with Crippen molar-refractivity contribution in [1.29, 1.82) is 0 Å². The minimum atomic E-state index is -0.657. The van der Waals surface area contributed by atoms with Crippen LogP contribution in [0.4, 0.5) is 11.4 Å². The molecule has 9 heteroatoms. The number of benzene rings is 3. The molecular weight excluding hydrogens is 415 g/mol. The summed E-state index contributed by atoms with van der Waals surface area (Å²) in [6, 6.07) is 15.6. The van der Waals surface area contributed by atoms with Crippen LogP contribution in [0, 0.1) is 0 Å². The van der Waals surface area contributed by atoms with E-state index in [1.54, 1.807) is 30.3 Å². The van der Waals surface area contributed by atoms with Crippen molar-refractivity contribution in [2.75, 3.05) is 0 Å². The van der Waals surface area contributed by atoms with Crippen molar-refractivity contribution >= 4 is 46.7 Å². The van der Waals surface area contributed by atoms with Crippen LogP contribution in [0.1, 0.15) is 15.9 Å². The van der Waals surface area contributed by atoms with Crippen LogP contribution in [-0.2, 0) is 0 Å². The summed E-state index contributed by atoms with van der Waals surface area (Å²) in [5.74, 6) is -0.951. The van der Waals surface area contributed by atoms with E-state index in [-0.39, 0.29) is 17.1 Å². The van der Waals surface area contributed by atoms with Crippen LogP contribution in [0.2, 0.25) is 10.0 Å². The first-order valence-corrected chi connectivity index (χ1v) is 9.01. The van der Waals surface area contributed by atoms with Gasteiger partial charge in [0.1, 0.15) is 17.2 Å². The highest BCUT2D eigenvalue weighted by Gasteiger charge is 2.11. The number of azo groups is 1. The molecule has 0 aromatic heterocycles. The smallest absolute Gasteiger partial charge is 0.275 e. The molecule has 0 bridgehead atoms. The van der Waals surface area contributed by atoms with Gasteiger partial charge in [0.15, 0.2) is 0 Å². The summed E-state index contributed by atoms with van der Waals surface area (Å²) in [6.07, 6.45) is 1.24. The van der Waals surface area contributed by atoms with E-state index in [4.69, 9.17) is 23.2 Å². The highest BCUT2D eigenvalue weighted by molar-refractivity contribution is 6.33. The monoisotopic (exact) mass is 428 g/mol. The van der Waals surface area contributed by atoms with Crippen LogP contribution in [-0.4, -0.2) is 22.3 Å². The number of carbonyl (C=O) groups excluding carboxylic acids is 1. The molecule has 0 aliphatic rings. The third-order valence-corrected chi connectivity index (χ3v) is 4.26. The Labute approximate surface area is 175 Å². The number of rotatable bonds is 5. The molecule has 0 unspecified atom stereocenters. The molecule has 7 nitrogen and oxygen atoms in total. The molecule has 0 saturated heterocycles. The van der Waals surface area contributed by atoms with Crippen molar-refractivity contribution in [2.24, 2.45) is 15.3 Å². The maximum Gasteiger partial charge on any atom is 0.275 e.